The Bertz CT molecular complexity index is 302. The van der Waals surface area contributed by atoms with Crippen LogP contribution in [0.2, 0.25) is 0 Å². The molecule has 0 bridgehead atoms. The lowest BCUT2D eigenvalue weighted by atomic mass is 10.5. The Balaban J connectivity index is 3.22. The molecule has 1 aromatic heterocycles. The van der Waals surface area contributed by atoms with Gasteiger partial charge in [-0.2, -0.15) is 0 Å². The van der Waals surface area contributed by atoms with Crippen molar-refractivity contribution in [2.45, 2.75) is 5.03 Å². The quantitative estimate of drug-likeness (QED) is 0.561. The zero-order valence-electron chi connectivity index (χ0n) is 5.78. The van der Waals surface area contributed by atoms with Gasteiger partial charge in [0.05, 0.1) is 0 Å². The van der Waals surface area contributed by atoms with Crippen LogP contribution < -0.4 is 0 Å². The fourth-order valence-corrected chi connectivity index (χ4v) is 1.25. The second-order valence-electron chi connectivity index (χ2n) is 2.17. The van der Waals surface area contributed by atoms with Crippen molar-refractivity contribution >= 4 is 15.4 Å². The van der Waals surface area contributed by atoms with E-state index in [1.54, 1.807) is 30.7 Å². The van der Waals surface area contributed by atoms with Gasteiger partial charge in [0.15, 0.2) is 0 Å². The van der Waals surface area contributed by atoms with Crippen molar-refractivity contribution in [1.29, 1.82) is 0 Å². The lowest BCUT2D eigenvalue weighted by Crippen LogP contribution is -1.98. The summed E-state index contributed by atoms with van der Waals surface area (Å²) in [6, 6.07) is 5.31. The molecular weight excluding hydrogens is 146 g/mol. The molecule has 0 radical (unpaired) electrons. The number of nitrogens with zero attached hydrogens (tertiary/aromatic N) is 1. The number of rotatable bonds is 1. The summed E-state index contributed by atoms with van der Waals surface area (Å²) in [5, 5.41) is 0.565. The van der Waals surface area contributed by atoms with Crippen LogP contribution in [0.15, 0.2) is 29.4 Å². The van der Waals surface area contributed by atoms with Crippen LogP contribution in [0.4, 0.5) is 0 Å². The van der Waals surface area contributed by atoms with E-state index in [0.717, 1.165) is 0 Å². The van der Waals surface area contributed by atoms with Gasteiger partial charge in [-0.15, -0.1) is 0 Å². The summed E-state index contributed by atoms with van der Waals surface area (Å²) in [7, 11) is -2.11. The van der Waals surface area contributed by atoms with Gasteiger partial charge in [0.2, 0.25) is 0 Å². The lowest BCUT2D eigenvalue weighted by molar-refractivity contribution is 0.682. The molecule has 0 aliphatic heterocycles. The minimum Gasteiger partial charge on any atom is -0.262 e. The summed E-state index contributed by atoms with van der Waals surface area (Å²) in [5.74, 6) is 3.51. The molecule has 0 aliphatic rings. The molecule has 1 rings (SSSR count). The molecule has 1 aromatic rings. The monoisotopic (exact) mass is 155 g/mol. The molecule has 0 saturated carbocycles. The topological polar surface area (TPSA) is 30.0 Å². The van der Waals surface area contributed by atoms with Crippen LogP contribution in [-0.4, -0.2) is 21.3 Å². The van der Waals surface area contributed by atoms with Crippen molar-refractivity contribution in [1.82, 2.24) is 4.98 Å². The number of aromatic nitrogens is 1. The van der Waals surface area contributed by atoms with Gasteiger partial charge in [-0.1, -0.05) is 6.07 Å². The average molecular weight is 155 g/mol. The Morgan fingerprint density at radius 2 is 2.30 bits per heavy atom. The van der Waals surface area contributed by atoms with Crippen molar-refractivity contribution in [3.8, 4) is 0 Å². The molecule has 0 N–H and O–H groups in total. The third kappa shape index (κ3) is 1.57. The normalized spacial score (nSPS) is 16.1. The van der Waals surface area contributed by atoms with E-state index in [2.05, 4.69) is 10.9 Å². The molecule has 0 fully saturated rings. The predicted molar refractivity (Wildman–Crippen MR) is 43.7 cm³/mol. The van der Waals surface area contributed by atoms with Gasteiger partial charge in [-0.05, 0) is 18.0 Å². The summed E-state index contributed by atoms with van der Waals surface area (Å²) in [4.78, 5) is 3.91. The molecule has 1 unspecified atom stereocenters. The van der Waals surface area contributed by atoms with E-state index >= 15 is 0 Å². The number of hydrogen-bond acceptors (Lipinski definition) is 2. The van der Waals surface area contributed by atoms with Gasteiger partial charge in [0.25, 0.3) is 0 Å². The minimum atomic E-state index is -2.11. The lowest BCUT2D eigenvalue weighted by Gasteiger charge is -1.97. The Kier molecular flexibility index (Phi) is 1.76. The third-order valence-electron chi connectivity index (χ3n) is 1.08. The van der Waals surface area contributed by atoms with Crippen LogP contribution >= 0.6 is 0 Å². The summed E-state index contributed by atoms with van der Waals surface area (Å²) in [6.07, 6.45) is 3.19. The van der Waals surface area contributed by atoms with E-state index in [1.165, 1.54) is 0 Å². The Hall–Kier alpha value is -0.830. The van der Waals surface area contributed by atoms with Gasteiger partial charge in [-0.25, -0.2) is 4.98 Å². The molecule has 0 aromatic carbocycles. The number of hydrogen-bond donors (Lipinski definition) is 0. The molecule has 54 valence electrons. The summed E-state index contributed by atoms with van der Waals surface area (Å²) in [6.45, 7) is 0. The van der Waals surface area contributed by atoms with Crippen LogP contribution in [0.25, 0.3) is 0 Å². The predicted octanol–water partition coefficient (Wildman–Crippen LogP) is 0.787. The highest BCUT2D eigenvalue weighted by Crippen LogP contribution is 2.01. The zero-order chi connectivity index (χ0) is 7.61. The first-order chi connectivity index (χ1) is 4.61. The van der Waals surface area contributed by atoms with E-state index in [9.17, 15) is 4.21 Å². The van der Waals surface area contributed by atoms with Crippen molar-refractivity contribution in [3.05, 3.63) is 24.4 Å². The molecule has 0 aliphatic carbocycles. The van der Waals surface area contributed by atoms with Crippen molar-refractivity contribution < 1.29 is 4.21 Å². The Labute approximate surface area is 60.9 Å². The highest BCUT2D eigenvalue weighted by atomic mass is 32.2. The minimum absolute atomic E-state index is 0.565. The van der Waals surface area contributed by atoms with Crippen LogP contribution in [0.1, 0.15) is 0 Å². The maximum absolute atomic E-state index is 11.2. The highest BCUT2D eigenvalue weighted by Gasteiger charge is 1.98. The van der Waals surface area contributed by atoms with E-state index in [0.29, 0.717) is 5.03 Å². The zero-order valence-corrected chi connectivity index (χ0v) is 6.60. The second kappa shape index (κ2) is 2.42. The molecule has 1 heterocycles. The second-order valence-corrected chi connectivity index (χ2v) is 4.60. The average Bonchev–Trinajstić information content (AvgIpc) is 1.88. The molecule has 1 atom stereocenters. The van der Waals surface area contributed by atoms with Gasteiger partial charge in [-0.3, -0.25) is 4.21 Å². The highest BCUT2D eigenvalue weighted by molar-refractivity contribution is 7.99. The van der Waals surface area contributed by atoms with E-state index in [1.807, 2.05) is 0 Å². The molecule has 0 spiro atoms. The molecular formula is C7H9NOS. The first-order valence-electron chi connectivity index (χ1n) is 2.84. The largest absolute Gasteiger partial charge is 0.262 e. The molecule has 3 heteroatoms. The van der Waals surface area contributed by atoms with Crippen LogP contribution in [0.3, 0.4) is 0 Å². The summed E-state index contributed by atoms with van der Waals surface area (Å²) >= 11 is 0. The van der Waals surface area contributed by atoms with Crippen LogP contribution in [0.5, 0.6) is 0 Å². The third-order valence-corrected chi connectivity index (χ3v) is 2.21. The molecule has 0 amide bonds. The fraction of sp³-hybridized carbons (Fsp3) is 0.143. The van der Waals surface area contributed by atoms with E-state index < -0.39 is 9.52 Å². The first kappa shape index (κ1) is 7.28. The maximum Gasteiger partial charge on any atom is 0.118 e. The first-order valence-corrected chi connectivity index (χ1v) is 4.97. The molecule has 0 saturated heterocycles. The summed E-state index contributed by atoms with van der Waals surface area (Å²) < 4.78 is 11.2. The van der Waals surface area contributed by atoms with Crippen LogP contribution in [0, 0.1) is 0 Å². The van der Waals surface area contributed by atoms with Crippen molar-refractivity contribution in [2.75, 3.05) is 6.26 Å². The van der Waals surface area contributed by atoms with Gasteiger partial charge < -0.3 is 0 Å². The van der Waals surface area contributed by atoms with Crippen molar-refractivity contribution in [3.63, 3.8) is 0 Å². The fourth-order valence-electron chi connectivity index (χ4n) is 0.603. The Morgan fingerprint density at radius 3 is 2.60 bits per heavy atom. The summed E-state index contributed by atoms with van der Waals surface area (Å²) in [5.41, 5.74) is 0. The van der Waals surface area contributed by atoms with Gasteiger partial charge >= 0.3 is 0 Å². The SMILES string of the molecule is C=S(C)(=O)c1ccccn1. The van der Waals surface area contributed by atoms with Gasteiger partial charge in [0.1, 0.15) is 5.03 Å². The van der Waals surface area contributed by atoms with Crippen molar-refractivity contribution in [2.24, 2.45) is 0 Å². The van der Waals surface area contributed by atoms with Crippen LogP contribution in [-0.2, 0) is 9.52 Å². The standard InChI is InChI=1S/C7H9NOS/c1-10(2,9)7-5-3-4-6-8-7/h3-6H,1H2,2H3. The van der Waals surface area contributed by atoms with E-state index in [-0.39, 0.29) is 0 Å². The molecule has 2 nitrogen and oxygen atoms in total. The molecule has 10 heavy (non-hydrogen) atoms. The maximum atomic E-state index is 11.2. The van der Waals surface area contributed by atoms with E-state index in [4.69, 9.17) is 0 Å². The number of pyridine rings is 1. The Morgan fingerprint density at radius 1 is 1.60 bits per heavy atom. The smallest absolute Gasteiger partial charge is 0.118 e. The van der Waals surface area contributed by atoms with Gasteiger partial charge in [0, 0.05) is 22.0 Å².